The van der Waals surface area contributed by atoms with Gasteiger partial charge in [-0.05, 0) is 81.1 Å². The molecule has 5 heteroatoms. The Labute approximate surface area is 144 Å². The van der Waals surface area contributed by atoms with E-state index in [9.17, 15) is 9.59 Å². The van der Waals surface area contributed by atoms with Crippen LogP contribution in [0, 0.1) is 23.2 Å². The molecule has 0 spiro atoms. The SMILES string of the molecule is O=C(CC12CC3CC(CC(C3)C1)C2)NCC(=O)NC1CCCNC1. The van der Waals surface area contributed by atoms with Gasteiger partial charge in [0.15, 0.2) is 0 Å². The first-order valence-electron chi connectivity index (χ1n) is 9.87. The van der Waals surface area contributed by atoms with E-state index in [1.807, 2.05) is 0 Å². The van der Waals surface area contributed by atoms with Gasteiger partial charge in [-0.2, -0.15) is 0 Å². The van der Waals surface area contributed by atoms with Crippen molar-refractivity contribution in [2.75, 3.05) is 19.6 Å². The minimum atomic E-state index is -0.0532. The van der Waals surface area contributed by atoms with E-state index in [0.717, 1.165) is 43.7 Å². The maximum atomic E-state index is 12.4. The molecular weight excluding hydrogens is 302 g/mol. The summed E-state index contributed by atoms with van der Waals surface area (Å²) in [6, 6.07) is 0.214. The van der Waals surface area contributed by atoms with Gasteiger partial charge in [-0.3, -0.25) is 9.59 Å². The maximum Gasteiger partial charge on any atom is 0.239 e. The normalized spacial score (nSPS) is 40.3. The van der Waals surface area contributed by atoms with Gasteiger partial charge in [-0.25, -0.2) is 0 Å². The van der Waals surface area contributed by atoms with Crippen LogP contribution in [-0.4, -0.2) is 37.5 Å². The van der Waals surface area contributed by atoms with Gasteiger partial charge in [0.05, 0.1) is 6.54 Å². The summed E-state index contributed by atoms with van der Waals surface area (Å²) in [6.45, 7) is 2.00. The summed E-state index contributed by atoms with van der Waals surface area (Å²) in [5.41, 5.74) is 0.253. The molecule has 1 saturated heterocycles. The Bertz CT molecular complexity index is 464. The molecule has 2 amide bonds. The molecule has 4 bridgehead atoms. The Morgan fingerprint density at radius 3 is 2.25 bits per heavy atom. The lowest BCUT2D eigenvalue weighted by atomic mass is 9.49. The van der Waals surface area contributed by atoms with E-state index in [1.165, 1.54) is 38.5 Å². The molecule has 5 fully saturated rings. The number of carbonyl (C=O) groups excluding carboxylic acids is 2. The molecule has 0 radical (unpaired) electrons. The molecule has 0 aromatic carbocycles. The fourth-order valence-corrected chi connectivity index (χ4v) is 6.34. The summed E-state index contributed by atoms with van der Waals surface area (Å²) in [5, 5.41) is 9.18. The van der Waals surface area contributed by atoms with Crippen molar-refractivity contribution in [2.24, 2.45) is 23.2 Å². The zero-order valence-corrected chi connectivity index (χ0v) is 14.6. The highest BCUT2D eigenvalue weighted by Crippen LogP contribution is 2.61. The van der Waals surface area contributed by atoms with Crippen LogP contribution in [0.4, 0.5) is 0 Å². The van der Waals surface area contributed by atoms with Gasteiger partial charge < -0.3 is 16.0 Å². The summed E-state index contributed by atoms with van der Waals surface area (Å²) in [7, 11) is 0. The molecule has 5 aliphatic rings. The van der Waals surface area contributed by atoms with Crippen LogP contribution in [0.5, 0.6) is 0 Å². The van der Waals surface area contributed by atoms with Crippen molar-refractivity contribution in [3.63, 3.8) is 0 Å². The van der Waals surface area contributed by atoms with Crippen LogP contribution in [0.15, 0.2) is 0 Å². The van der Waals surface area contributed by atoms with Crippen molar-refractivity contribution in [3.8, 4) is 0 Å². The quantitative estimate of drug-likeness (QED) is 0.715. The highest BCUT2D eigenvalue weighted by molar-refractivity contribution is 5.85. The number of carbonyl (C=O) groups is 2. The first-order chi connectivity index (χ1) is 11.6. The van der Waals surface area contributed by atoms with E-state index in [-0.39, 0.29) is 29.8 Å². The second-order valence-corrected chi connectivity index (χ2v) is 8.98. The lowest BCUT2D eigenvalue weighted by Gasteiger charge is -2.56. The van der Waals surface area contributed by atoms with Gasteiger partial charge in [0.2, 0.25) is 11.8 Å². The maximum absolute atomic E-state index is 12.4. The van der Waals surface area contributed by atoms with Gasteiger partial charge in [0, 0.05) is 19.0 Å². The summed E-state index contributed by atoms with van der Waals surface area (Å²) < 4.78 is 0. The first kappa shape index (κ1) is 16.4. The third kappa shape index (κ3) is 3.61. The van der Waals surface area contributed by atoms with E-state index in [0.29, 0.717) is 6.42 Å². The molecule has 1 heterocycles. The number of piperidine rings is 1. The van der Waals surface area contributed by atoms with E-state index in [2.05, 4.69) is 16.0 Å². The molecule has 3 N–H and O–H groups in total. The molecule has 0 aromatic rings. The van der Waals surface area contributed by atoms with Crippen molar-refractivity contribution >= 4 is 11.8 Å². The highest BCUT2D eigenvalue weighted by Gasteiger charge is 2.51. The Morgan fingerprint density at radius 1 is 1.00 bits per heavy atom. The first-order valence-corrected chi connectivity index (χ1v) is 9.87. The van der Waals surface area contributed by atoms with Crippen LogP contribution in [0.1, 0.15) is 57.8 Å². The van der Waals surface area contributed by atoms with Crippen LogP contribution in [0.2, 0.25) is 0 Å². The number of hydrogen-bond acceptors (Lipinski definition) is 3. The fourth-order valence-electron chi connectivity index (χ4n) is 6.34. The molecule has 0 aromatic heterocycles. The van der Waals surface area contributed by atoms with Gasteiger partial charge in [-0.15, -0.1) is 0 Å². The number of amides is 2. The topological polar surface area (TPSA) is 70.2 Å². The molecule has 134 valence electrons. The zero-order chi connectivity index (χ0) is 16.6. The van der Waals surface area contributed by atoms with Crippen molar-refractivity contribution in [2.45, 2.75) is 63.8 Å². The van der Waals surface area contributed by atoms with Crippen LogP contribution in [0.3, 0.4) is 0 Å². The molecule has 1 unspecified atom stereocenters. The second kappa shape index (κ2) is 6.66. The molecule has 1 atom stereocenters. The minimum Gasteiger partial charge on any atom is -0.351 e. The van der Waals surface area contributed by atoms with E-state index in [1.54, 1.807) is 0 Å². The fraction of sp³-hybridized carbons (Fsp3) is 0.895. The van der Waals surface area contributed by atoms with Crippen LogP contribution >= 0.6 is 0 Å². The van der Waals surface area contributed by atoms with Gasteiger partial charge in [0.1, 0.15) is 0 Å². The third-order valence-electron chi connectivity index (χ3n) is 6.81. The van der Waals surface area contributed by atoms with Crippen LogP contribution in [-0.2, 0) is 9.59 Å². The number of rotatable bonds is 5. The van der Waals surface area contributed by atoms with Crippen molar-refractivity contribution < 1.29 is 9.59 Å². The Balaban J connectivity index is 1.23. The molecule has 4 saturated carbocycles. The second-order valence-electron chi connectivity index (χ2n) is 8.98. The van der Waals surface area contributed by atoms with Crippen molar-refractivity contribution in [1.29, 1.82) is 0 Å². The zero-order valence-electron chi connectivity index (χ0n) is 14.6. The van der Waals surface area contributed by atoms with Crippen molar-refractivity contribution in [1.82, 2.24) is 16.0 Å². The summed E-state index contributed by atoms with van der Waals surface area (Å²) in [5.74, 6) is 2.62. The largest absolute Gasteiger partial charge is 0.351 e. The molecule has 5 rings (SSSR count). The Morgan fingerprint density at radius 2 is 1.67 bits per heavy atom. The number of hydrogen-bond donors (Lipinski definition) is 3. The highest BCUT2D eigenvalue weighted by atomic mass is 16.2. The van der Waals surface area contributed by atoms with Crippen molar-refractivity contribution in [3.05, 3.63) is 0 Å². The third-order valence-corrected chi connectivity index (χ3v) is 6.81. The van der Waals surface area contributed by atoms with E-state index >= 15 is 0 Å². The molecule has 5 nitrogen and oxygen atoms in total. The molecule has 24 heavy (non-hydrogen) atoms. The number of nitrogens with one attached hydrogen (secondary N) is 3. The standard InChI is InChI=1S/C19H31N3O2/c23-17(21-12-18(24)22-16-2-1-3-20-11-16)10-19-7-13-4-14(8-19)6-15(5-13)9-19/h13-16,20H,1-12H2,(H,21,23)(H,22,24). The minimum absolute atomic E-state index is 0.0532. The van der Waals surface area contributed by atoms with Crippen LogP contribution < -0.4 is 16.0 Å². The predicted octanol–water partition coefficient (Wildman–Crippen LogP) is 1.58. The average Bonchev–Trinajstić information content (AvgIpc) is 2.52. The summed E-state index contributed by atoms with van der Waals surface area (Å²) in [6.07, 6.45) is 10.7. The lowest BCUT2D eigenvalue weighted by Crippen LogP contribution is -2.50. The Kier molecular flexibility index (Phi) is 4.54. The predicted molar refractivity (Wildman–Crippen MR) is 92.3 cm³/mol. The van der Waals surface area contributed by atoms with Gasteiger partial charge in [0.25, 0.3) is 0 Å². The van der Waals surface area contributed by atoms with Crippen LogP contribution in [0.25, 0.3) is 0 Å². The van der Waals surface area contributed by atoms with Gasteiger partial charge >= 0.3 is 0 Å². The smallest absolute Gasteiger partial charge is 0.239 e. The van der Waals surface area contributed by atoms with Gasteiger partial charge in [-0.1, -0.05) is 0 Å². The summed E-state index contributed by atoms with van der Waals surface area (Å²) >= 11 is 0. The Hall–Kier alpha value is -1.10. The molecular formula is C19H31N3O2. The lowest BCUT2D eigenvalue weighted by molar-refractivity contribution is -0.132. The molecule has 1 aliphatic heterocycles. The summed E-state index contributed by atoms with van der Waals surface area (Å²) in [4.78, 5) is 24.4. The van der Waals surface area contributed by atoms with E-state index in [4.69, 9.17) is 0 Å². The van der Waals surface area contributed by atoms with E-state index < -0.39 is 0 Å². The average molecular weight is 333 g/mol. The molecule has 4 aliphatic carbocycles. The monoisotopic (exact) mass is 333 g/mol.